The number of benzene rings is 2. The van der Waals surface area contributed by atoms with Crippen LogP contribution in [0.25, 0.3) is 11.4 Å². The van der Waals surface area contributed by atoms with Gasteiger partial charge in [-0.1, -0.05) is 35.0 Å². The summed E-state index contributed by atoms with van der Waals surface area (Å²) < 4.78 is 5.31. The first kappa shape index (κ1) is 13.4. The van der Waals surface area contributed by atoms with Crippen LogP contribution in [0.2, 0.25) is 0 Å². The fourth-order valence-corrected chi connectivity index (χ4v) is 2.22. The van der Waals surface area contributed by atoms with E-state index in [0.717, 1.165) is 24.1 Å². The fourth-order valence-electron chi connectivity index (χ4n) is 2.22. The minimum atomic E-state index is 0.606. The lowest BCUT2D eigenvalue weighted by Gasteiger charge is -1.99. The molecule has 2 aromatic carbocycles. The molecule has 1 aromatic heterocycles. The van der Waals surface area contributed by atoms with Gasteiger partial charge in [-0.2, -0.15) is 4.98 Å². The Hall–Kier alpha value is -2.62. The van der Waals surface area contributed by atoms with Gasteiger partial charge in [0.2, 0.25) is 11.7 Å². The van der Waals surface area contributed by atoms with Crippen LogP contribution < -0.4 is 5.73 Å². The molecule has 0 aliphatic rings. The summed E-state index contributed by atoms with van der Waals surface area (Å²) in [6, 6.07) is 15.9. The predicted molar refractivity (Wildman–Crippen MR) is 82.7 cm³/mol. The second-order valence-corrected chi connectivity index (χ2v) is 5.12. The zero-order chi connectivity index (χ0) is 14.7. The Morgan fingerprint density at radius 2 is 1.86 bits per heavy atom. The van der Waals surface area contributed by atoms with E-state index in [1.165, 1.54) is 11.1 Å². The zero-order valence-electron chi connectivity index (χ0n) is 11.9. The van der Waals surface area contributed by atoms with Gasteiger partial charge in [-0.25, -0.2) is 0 Å². The van der Waals surface area contributed by atoms with E-state index in [2.05, 4.69) is 41.3 Å². The molecule has 0 spiro atoms. The highest BCUT2D eigenvalue weighted by Crippen LogP contribution is 2.18. The molecule has 0 unspecified atom stereocenters. The molecule has 0 saturated heterocycles. The van der Waals surface area contributed by atoms with Crippen molar-refractivity contribution in [3.8, 4) is 11.4 Å². The van der Waals surface area contributed by atoms with Crippen molar-refractivity contribution in [3.05, 3.63) is 65.5 Å². The summed E-state index contributed by atoms with van der Waals surface area (Å²) in [5.41, 5.74) is 9.85. The molecule has 3 rings (SSSR count). The molecule has 0 aliphatic carbocycles. The third kappa shape index (κ3) is 3.28. The van der Waals surface area contributed by atoms with Crippen molar-refractivity contribution >= 4 is 5.69 Å². The lowest BCUT2D eigenvalue weighted by Crippen LogP contribution is -1.92. The maximum atomic E-state index is 5.67. The SMILES string of the molecule is Cc1cccc(CCc2nc(-c3ccc(N)cc3)no2)c1. The quantitative estimate of drug-likeness (QED) is 0.743. The Balaban J connectivity index is 1.69. The van der Waals surface area contributed by atoms with Gasteiger partial charge < -0.3 is 10.3 Å². The molecule has 21 heavy (non-hydrogen) atoms. The Kier molecular flexibility index (Phi) is 3.69. The lowest BCUT2D eigenvalue weighted by molar-refractivity contribution is 0.379. The molecule has 0 amide bonds. The van der Waals surface area contributed by atoms with E-state index in [9.17, 15) is 0 Å². The van der Waals surface area contributed by atoms with Crippen molar-refractivity contribution in [2.75, 3.05) is 5.73 Å². The second kappa shape index (κ2) is 5.79. The maximum Gasteiger partial charge on any atom is 0.227 e. The van der Waals surface area contributed by atoms with E-state index in [4.69, 9.17) is 10.3 Å². The predicted octanol–water partition coefficient (Wildman–Crippen LogP) is 3.41. The summed E-state index contributed by atoms with van der Waals surface area (Å²) in [5, 5.41) is 4.02. The van der Waals surface area contributed by atoms with E-state index < -0.39 is 0 Å². The highest BCUT2D eigenvalue weighted by atomic mass is 16.5. The third-order valence-corrected chi connectivity index (χ3v) is 3.35. The van der Waals surface area contributed by atoms with Crippen molar-refractivity contribution in [2.24, 2.45) is 0 Å². The number of nitrogen functional groups attached to an aromatic ring is 1. The Labute approximate surface area is 123 Å². The van der Waals surface area contributed by atoms with Crippen LogP contribution in [0.4, 0.5) is 5.69 Å². The van der Waals surface area contributed by atoms with Crippen molar-refractivity contribution < 1.29 is 4.52 Å². The van der Waals surface area contributed by atoms with Crippen molar-refractivity contribution in [1.29, 1.82) is 0 Å². The van der Waals surface area contributed by atoms with Crippen LogP contribution in [0, 0.1) is 6.92 Å². The molecular weight excluding hydrogens is 262 g/mol. The first-order valence-corrected chi connectivity index (χ1v) is 6.95. The number of aromatic nitrogens is 2. The lowest BCUT2D eigenvalue weighted by atomic mass is 10.1. The van der Waals surface area contributed by atoms with E-state index in [-0.39, 0.29) is 0 Å². The molecule has 0 aliphatic heterocycles. The number of hydrogen-bond donors (Lipinski definition) is 1. The second-order valence-electron chi connectivity index (χ2n) is 5.12. The van der Waals surface area contributed by atoms with Crippen molar-refractivity contribution in [2.45, 2.75) is 19.8 Å². The topological polar surface area (TPSA) is 64.9 Å². The molecule has 0 atom stereocenters. The molecule has 0 saturated carbocycles. The number of anilines is 1. The monoisotopic (exact) mass is 279 g/mol. The standard InChI is InChI=1S/C17H17N3O/c1-12-3-2-4-13(11-12)5-10-16-19-17(20-21-16)14-6-8-15(18)9-7-14/h2-4,6-9,11H,5,10,18H2,1H3. The number of nitrogens with zero attached hydrogens (tertiary/aromatic N) is 2. The van der Waals surface area contributed by atoms with Gasteiger partial charge in [0.1, 0.15) is 0 Å². The molecule has 1 heterocycles. The maximum absolute atomic E-state index is 5.67. The minimum Gasteiger partial charge on any atom is -0.399 e. The van der Waals surface area contributed by atoms with Crippen molar-refractivity contribution in [1.82, 2.24) is 10.1 Å². The highest BCUT2D eigenvalue weighted by Gasteiger charge is 2.08. The Morgan fingerprint density at radius 3 is 2.62 bits per heavy atom. The van der Waals surface area contributed by atoms with Crippen LogP contribution >= 0.6 is 0 Å². The molecule has 106 valence electrons. The smallest absolute Gasteiger partial charge is 0.227 e. The normalized spacial score (nSPS) is 10.7. The van der Waals surface area contributed by atoms with Gasteiger partial charge in [-0.3, -0.25) is 0 Å². The summed E-state index contributed by atoms with van der Waals surface area (Å²) in [4.78, 5) is 4.43. The van der Waals surface area contributed by atoms with Crippen LogP contribution in [0.15, 0.2) is 53.1 Å². The van der Waals surface area contributed by atoms with Gasteiger partial charge in [0.05, 0.1) is 0 Å². The largest absolute Gasteiger partial charge is 0.399 e. The fraction of sp³-hybridized carbons (Fsp3) is 0.176. The van der Waals surface area contributed by atoms with Gasteiger partial charge in [0, 0.05) is 17.7 Å². The van der Waals surface area contributed by atoms with Gasteiger partial charge in [-0.15, -0.1) is 0 Å². The molecule has 4 nitrogen and oxygen atoms in total. The Morgan fingerprint density at radius 1 is 1.05 bits per heavy atom. The van der Waals surface area contributed by atoms with Gasteiger partial charge in [-0.05, 0) is 43.2 Å². The third-order valence-electron chi connectivity index (χ3n) is 3.35. The molecule has 2 N–H and O–H groups in total. The van der Waals surface area contributed by atoms with Gasteiger partial charge in [0.25, 0.3) is 0 Å². The molecule has 4 heteroatoms. The Bertz CT molecular complexity index is 732. The molecule has 0 radical (unpaired) electrons. The van der Waals surface area contributed by atoms with Crippen LogP contribution in [0.1, 0.15) is 17.0 Å². The van der Waals surface area contributed by atoms with Crippen LogP contribution in [-0.4, -0.2) is 10.1 Å². The van der Waals surface area contributed by atoms with Gasteiger partial charge >= 0.3 is 0 Å². The van der Waals surface area contributed by atoms with Crippen LogP contribution in [0.3, 0.4) is 0 Å². The average Bonchev–Trinajstić information content (AvgIpc) is 2.95. The van der Waals surface area contributed by atoms with E-state index >= 15 is 0 Å². The summed E-state index contributed by atoms with van der Waals surface area (Å²) in [7, 11) is 0. The van der Waals surface area contributed by atoms with Crippen molar-refractivity contribution in [3.63, 3.8) is 0 Å². The molecular formula is C17H17N3O. The highest BCUT2D eigenvalue weighted by molar-refractivity contribution is 5.57. The number of rotatable bonds is 4. The minimum absolute atomic E-state index is 0.606. The molecule has 0 bridgehead atoms. The van der Waals surface area contributed by atoms with E-state index in [1.54, 1.807) is 0 Å². The number of nitrogens with two attached hydrogens (primary N) is 1. The zero-order valence-corrected chi connectivity index (χ0v) is 11.9. The average molecular weight is 279 g/mol. The van der Waals surface area contributed by atoms with Gasteiger partial charge in [0.15, 0.2) is 0 Å². The first-order chi connectivity index (χ1) is 10.2. The summed E-state index contributed by atoms with van der Waals surface area (Å²) >= 11 is 0. The van der Waals surface area contributed by atoms with E-state index in [1.807, 2.05) is 24.3 Å². The summed E-state index contributed by atoms with van der Waals surface area (Å²) in [5.74, 6) is 1.26. The van der Waals surface area contributed by atoms with E-state index in [0.29, 0.717) is 11.7 Å². The number of aryl methyl sites for hydroxylation is 3. The summed E-state index contributed by atoms with van der Waals surface area (Å²) in [6.45, 7) is 2.09. The van der Waals surface area contributed by atoms with Crippen LogP contribution in [-0.2, 0) is 12.8 Å². The number of hydrogen-bond acceptors (Lipinski definition) is 4. The van der Waals surface area contributed by atoms with Crippen LogP contribution in [0.5, 0.6) is 0 Å². The first-order valence-electron chi connectivity index (χ1n) is 6.95. The molecule has 0 fully saturated rings. The summed E-state index contributed by atoms with van der Waals surface area (Å²) in [6.07, 6.45) is 1.64. The molecule has 3 aromatic rings.